The van der Waals surface area contributed by atoms with Gasteiger partial charge in [0, 0.05) is 4.47 Å². The highest BCUT2D eigenvalue weighted by Crippen LogP contribution is 2.37. The van der Waals surface area contributed by atoms with E-state index in [-0.39, 0.29) is 0 Å². The van der Waals surface area contributed by atoms with Crippen LogP contribution < -0.4 is 0 Å². The molecule has 1 aliphatic carbocycles. The number of halogens is 1. The van der Waals surface area contributed by atoms with Crippen LogP contribution in [-0.4, -0.2) is 5.11 Å². The number of aliphatic hydroxyl groups is 1. The largest absolute Gasteiger partial charge is 0.385 e. The van der Waals surface area contributed by atoms with Crippen molar-refractivity contribution in [2.24, 2.45) is 0 Å². The SMILES string of the molecule is Cc1cc(C2(O)CCCCC2)ccc1Br. The molecule has 82 valence electrons. The fourth-order valence-electron chi connectivity index (χ4n) is 2.36. The van der Waals surface area contributed by atoms with Crippen LogP contribution in [0, 0.1) is 6.92 Å². The molecule has 0 amide bonds. The molecular formula is C13H17BrO. The van der Waals surface area contributed by atoms with Gasteiger partial charge in [-0.15, -0.1) is 0 Å². The Morgan fingerprint density at radius 2 is 1.87 bits per heavy atom. The van der Waals surface area contributed by atoms with E-state index in [2.05, 4.69) is 28.9 Å². The highest BCUT2D eigenvalue weighted by atomic mass is 79.9. The summed E-state index contributed by atoms with van der Waals surface area (Å²) in [4.78, 5) is 0. The number of aryl methyl sites for hydroxylation is 1. The maximum atomic E-state index is 10.5. The molecule has 1 fully saturated rings. The summed E-state index contributed by atoms with van der Waals surface area (Å²) in [7, 11) is 0. The fraction of sp³-hybridized carbons (Fsp3) is 0.538. The molecule has 0 saturated heterocycles. The number of hydrogen-bond acceptors (Lipinski definition) is 1. The van der Waals surface area contributed by atoms with Crippen LogP contribution in [0.4, 0.5) is 0 Å². The second-order valence-electron chi connectivity index (χ2n) is 4.56. The van der Waals surface area contributed by atoms with E-state index < -0.39 is 5.60 Å². The first-order valence-electron chi connectivity index (χ1n) is 5.61. The van der Waals surface area contributed by atoms with E-state index in [1.807, 2.05) is 12.1 Å². The normalized spacial score (nSPS) is 20.2. The molecule has 0 heterocycles. The summed E-state index contributed by atoms with van der Waals surface area (Å²) in [6, 6.07) is 6.19. The van der Waals surface area contributed by atoms with E-state index in [9.17, 15) is 5.11 Å². The standard InChI is InChI=1S/C13H17BrO/c1-10-9-11(5-6-12(10)14)13(15)7-3-2-4-8-13/h5-6,9,15H,2-4,7-8H2,1H3. The quantitative estimate of drug-likeness (QED) is 0.819. The average molecular weight is 269 g/mol. The first-order valence-corrected chi connectivity index (χ1v) is 6.40. The van der Waals surface area contributed by atoms with E-state index in [1.54, 1.807) is 0 Å². The zero-order valence-corrected chi connectivity index (χ0v) is 10.7. The van der Waals surface area contributed by atoms with Crippen molar-refractivity contribution in [1.82, 2.24) is 0 Å². The van der Waals surface area contributed by atoms with Crippen molar-refractivity contribution in [3.63, 3.8) is 0 Å². The summed E-state index contributed by atoms with van der Waals surface area (Å²) >= 11 is 3.49. The smallest absolute Gasteiger partial charge is 0.0896 e. The number of rotatable bonds is 1. The second kappa shape index (κ2) is 4.26. The highest BCUT2D eigenvalue weighted by molar-refractivity contribution is 9.10. The maximum Gasteiger partial charge on any atom is 0.0896 e. The number of hydrogen-bond donors (Lipinski definition) is 1. The van der Waals surface area contributed by atoms with Gasteiger partial charge in [0.15, 0.2) is 0 Å². The third-order valence-electron chi connectivity index (χ3n) is 3.38. The Bertz CT molecular complexity index is 354. The molecule has 0 aromatic heterocycles. The minimum absolute atomic E-state index is 0.566. The Kier molecular flexibility index (Phi) is 3.17. The molecule has 15 heavy (non-hydrogen) atoms. The lowest BCUT2D eigenvalue weighted by Gasteiger charge is -2.32. The predicted molar refractivity (Wildman–Crippen MR) is 65.9 cm³/mol. The Morgan fingerprint density at radius 3 is 2.47 bits per heavy atom. The average Bonchev–Trinajstić information content (AvgIpc) is 2.23. The van der Waals surface area contributed by atoms with Crippen LogP contribution in [0.25, 0.3) is 0 Å². The lowest BCUT2D eigenvalue weighted by molar-refractivity contribution is -0.000684. The molecule has 1 saturated carbocycles. The van der Waals surface area contributed by atoms with Crippen LogP contribution in [0.5, 0.6) is 0 Å². The van der Waals surface area contributed by atoms with Crippen LogP contribution in [0.3, 0.4) is 0 Å². The molecular weight excluding hydrogens is 252 g/mol. The van der Waals surface area contributed by atoms with Crippen LogP contribution in [0.1, 0.15) is 43.2 Å². The molecule has 0 unspecified atom stereocenters. The van der Waals surface area contributed by atoms with Crippen molar-refractivity contribution in [1.29, 1.82) is 0 Å². The van der Waals surface area contributed by atoms with Gasteiger partial charge in [-0.3, -0.25) is 0 Å². The van der Waals surface area contributed by atoms with E-state index >= 15 is 0 Å². The summed E-state index contributed by atoms with van der Waals surface area (Å²) in [5, 5.41) is 10.5. The molecule has 0 spiro atoms. The maximum absolute atomic E-state index is 10.5. The van der Waals surface area contributed by atoms with Crippen LogP contribution in [0.2, 0.25) is 0 Å². The fourth-order valence-corrected chi connectivity index (χ4v) is 2.61. The van der Waals surface area contributed by atoms with Gasteiger partial charge in [0.2, 0.25) is 0 Å². The molecule has 1 nitrogen and oxygen atoms in total. The van der Waals surface area contributed by atoms with E-state index in [1.165, 1.54) is 12.0 Å². The van der Waals surface area contributed by atoms with Gasteiger partial charge in [0.1, 0.15) is 0 Å². The summed E-state index contributed by atoms with van der Waals surface area (Å²) in [5.74, 6) is 0. The minimum Gasteiger partial charge on any atom is -0.385 e. The van der Waals surface area contributed by atoms with Crippen molar-refractivity contribution in [2.45, 2.75) is 44.6 Å². The summed E-state index contributed by atoms with van der Waals surface area (Å²) < 4.78 is 1.12. The third kappa shape index (κ3) is 2.26. The summed E-state index contributed by atoms with van der Waals surface area (Å²) in [6.07, 6.45) is 5.37. The molecule has 1 N–H and O–H groups in total. The van der Waals surface area contributed by atoms with Gasteiger partial charge >= 0.3 is 0 Å². The van der Waals surface area contributed by atoms with Crippen molar-refractivity contribution in [2.75, 3.05) is 0 Å². The van der Waals surface area contributed by atoms with E-state index in [4.69, 9.17) is 0 Å². The Labute approximate surface area is 99.6 Å². The molecule has 0 atom stereocenters. The molecule has 2 rings (SSSR count). The van der Waals surface area contributed by atoms with Gasteiger partial charge in [0.25, 0.3) is 0 Å². The lowest BCUT2D eigenvalue weighted by Crippen LogP contribution is -2.28. The third-order valence-corrected chi connectivity index (χ3v) is 4.27. The van der Waals surface area contributed by atoms with Gasteiger partial charge in [-0.2, -0.15) is 0 Å². The summed E-state index contributed by atoms with van der Waals surface area (Å²) in [6.45, 7) is 2.07. The monoisotopic (exact) mass is 268 g/mol. The molecule has 0 bridgehead atoms. The van der Waals surface area contributed by atoms with Gasteiger partial charge in [-0.1, -0.05) is 47.3 Å². The number of benzene rings is 1. The molecule has 0 radical (unpaired) electrons. The zero-order chi connectivity index (χ0) is 10.9. The van der Waals surface area contributed by atoms with Gasteiger partial charge in [0.05, 0.1) is 5.60 Å². The Morgan fingerprint density at radius 1 is 1.20 bits per heavy atom. The zero-order valence-electron chi connectivity index (χ0n) is 9.09. The van der Waals surface area contributed by atoms with Crippen LogP contribution >= 0.6 is 15.9 Å². The molecule has 0 aliphatic heterocycles. The predicted octanol–water partition coefficient (Wildman–Crippen LogP) is 3.91. The highest BCUT2D eigenvalue weighted by Gasteiger charge is 2.31. The van der Waals surface area contributed by atoms with Crippen LogP contribution in [-0.2, 0) is 5.60 Å². The molecule has 1 aromatic rings. The van der Waals surface area contributed by atoms with E-state index in [0.29, 0.717) is 0 Å². The summed E-state index contributed by atoms with van der Waals surface area (Å²) in [5.41, 5.74) is 1.72. The molecule has 1 aromatic carbocycles. The van der Waals surface area contributed by atoms with Crippen molar-refractivity contribution in [3.05, 3.63) is 33.8 Å². The van der Waals surface area contributed by atoms with Crippen LogP contribution in [0.15, 0.2) is 22.7 Å². The topological polar surface area (TPSA) is 20.2 Å². The first kappa shape index (κ1) is 11.2. The molecule has 2 heteroatoms. The first-order chi connectivity index (χ1) is 7.12. The van der Waals surface area contributed by atoms with Gasteiger partial charge < -0.3 is 5.11 Å². The van der Waals surface area contributed by atoms with Crippen molar-refractivity contribution in [3.8, 4) is 0 Å². The Hall–Kier alpha value is -0.340. The van der Waals surface area contributed by atoms with Gasteiger partial charge in [-0.05, 0) is 37.0 Å². The van der Waals surface area contributed by atoms with Crippen molar-refractivity contribution >= 4 is 15.9 Å². The van der Waals surface area contributed by atoms with Gasteiger partial charge in [-0.25, -0.2) is 0 Å². The minimum atomic E-state index is -0.566. The second-order valence-corrected chi connectivity index (χ2v) is 5.41. The van der Waals surface area contributed by atoms with E-state index in [0.717, 1.165) is 35.7 Å². The Balaban J connectivity index is 2.31. The van der Waals surface area contributed by atoms with Crippen molar-refractivity contribution < 1.29 is 5.11 Å². The molecule has 1 aliphatic rings. The lowest BCUT2D eigenvalue weighted by atomic mass is 9.79.